The lowest BCUT2D eigenvalue weighted by Gasteiger charge is -2.09. The molecule has 0 atom stereocenters. The standard InChI is InChI=1S/C11H11BrO3/c1-14-6-15-10-5-3-8(12)7-2-4-9(13)11(7)10/h3,5H,2,4,6H2,1H3. The molecule has 0 saturated carbocycles. The zero-order chi connectivity index (χ0) is 10.8. The minimum Gasteiger partial charge on any atom is -0.467 e. The first-order chi connectivity index (χ1) is 7.24. The fourth-order valence-electron chi connectivity index (χ4n) is 1.76. The molecule has 3 nitrogen and oxygen atoms in total. The van der Waals surface area contributed by atoms with Gasteiger partial charge in [0, 0.05) is 18.0 Å². The number of fused-ring (bicyclic) bond motifs is 1. The molecule has 1 aliphatic rings. The van der Waals surface area contributed by atoms with Gasteiger partial charge in [0.15, 0.2) is 12.6 Å². The van der Waals surface area contributed by atoms with Gasteiger partial charge in [-0.2, -0.15) is 0 Å². The van der Waals surface area contributed by atoms with Crippen LogP contribution in [-0.4, -0.2) is 19.7 Å². The summed E-state index contributed by atoms with van der Waals surface area (Å²) in [5.41, 5.74) is 1.76. The molecular formula is C11H11BrO3. The first-order valence-electron chi connectivity index (χ1n) is 4.70. The number of carbonyl (C=O) groups is 1. The summed E-state index contributed by atoms with van der Waals surface area (Å²) in [6.07, 6.45) is 1.36. The third-order valence-corrected chi connectivity index (χ3v) is 3.17. The van der Waals surface area contributed by atoms with Crippen LogP contribution in [-0.2, 0) is 11.2 Å². The minimum atomic E-state index is 0.150. The lowest BCUT2D eigenvalue weighted by molar-refractivity contribution is 0.0503. The van der Waals surface area contributed by atoms with Gasteiger partial charge in [-0.15, -0.1) is 0 Å². The number of ether oxygens (including phenoxy) is 2. The Kier molecular flexibility index (Phi) is 3.07. The number of hydrogen-bond acceptors (Lipinski definition) is 3. The first-order valence-corrected chi connectivity index (χ1v) is 5.49. The topological polar surface area (TPSA) is 35.5 Å². The molecule has 2 rings (SSSR count). The molecule has 0 aliphatic heterocycles. The molecule has 0 bridgehead atoms. The van der Waals surface area contributed by atoms with Crippen LogP contribution in [0.25, 0.3) is 0 Å². The van der Waals surface area contributed by atoms with E-state index in [1.807, 2.05) is 6.07 Å². The van der Waals surface area contributed by atoms with Gasteiger partial charge in [-0.05, 0) is 24.1 Å². The Morgan fingerprint density at radius 2 is 2.20 bits per heavy atom. The molecule has 0 N–H and O–H groups in total. The average molecular weight is 271 g/mol. The Morgan fingerprint density at radius 3 is 2.93 bits per heavy atom. The monoisotopic (exact) mass is 270 g/mol. The Morgan fingerprint density at radius 1 is 1.40 bits per heavy atom. The zero-order valence-electron chi connectivity index (χ0n) is 8.38. The summed E-state index contributed by atoms with van der Waals surface area (Å²) in [5.74, 6) is 0.773. The summed E-state index contributed by atoms with van der Waals surface area (Å²) in [6, 6.07) is 3.70. The Balaban J connectivity index is 2.40. The summed E-state index contributed by atoms with van der Waals surface area (Å²) < 4.78 is 11.2. The summed E-state index contributed by atoms with van der Waals surface area (Å²) >= 11 is 3.44. The van der Waals surface area contributed by atoms with Gasteiger partial charge < -0.3 is 9.47 Å². The number of benzene rings is 1. The molecule has 0 radical (unpaired) electrons. The Bertz CT molecular complexity index is 401. The van der Waals surface area contributed by atoms with E-state index in [2.05, 4.69) is 15.9 Å². The maximum absolute atomic E-state index is 11.7. The quantitative estimate of drug-likeness (QED) is 0.792. The van der Waals surface area contributed by atoms with E-state index in [0.717, 1.165) is 16.5 Å². The van der Waals surface area contributed by atoms with Crippen molar-refractivity contribution in [1.29, 1.82) is 0 Å². The fraction of sp³-hybridized carbons (Fsp3) is 0.364. The van der Waals surface area contributed by atoms with Crippen molar-refractivity contribution in [2.24, 2.45) is 0 Å². The second-order valence-corrected chi connectivity index (χ2v) is 4.23. The maximum Gasteiger partial charge on any atom is 0.188 e. The molecule has 0 heterocycles. The second kappa shape index (κ2) is 4.33. The summed E-state index contributed by atoms with van der Waals surface area (Å²) in [4.78, 5) is 11.7. The smallest absolute Gasteiger partial charge is 0.188 e. The van der Waals surface area contributed by atoms with Gasteiger partial charge in [-0.3, -0.25) is 4.79 Å². The van der Waals surface area contributed by atoms with E-state index >= 15 is 0 Å². The van der Waals surface area contributed by atoms with Crippen LogP contribution >= 0.6 is 15.9 Å². The Hall–Kier alpha value is -0.870. The van der Waals surface area contributed by atoms with Gasteiger partial charge in [0.25, 0.3) is 0 Å². The molecule has 1 aliphatic carbocycles. The van der Waals surface area contributed by atoms with E-state index in [0.29, 0.717) is 17.7 Å². The molecule has 15 heavy (non-hydrogen) atoms. The summed E-state index contributed by atoms with van der Waals surface area (Å²) in [7, 11) is 1.56. The van der Waals surface area contributed by atoms with Gasteiger partial charge in [0.05, 0.1) is 5.56 Å². The van der Waals surface area contributed by atoms with Gasteiger partial charge >= 0.3 is 0 Å². The first kappa shape index (κ1) is 10.6. The number of rotatable bonds is 3. The van der Waals surface area contributed by atoms with Crippen LogP contribution in [0.4, 0.5) is 0 Å². The van der Waals surface area contributed by atoms with Crippen LogP contribution in [0, 0.1) is 0 Å². The van der Waals surface area contributed by atoms with Gasteiger partial charge in [0.2, 0.25) is 0 Å². The molecule has 1 aromatic rings. The fourth-order valence-corrected chi connectivity index (χ4v) is 2.29. The summed E-state index contributed by atoms with van der Waals surface area (Å²) in [6.45, 7) is 0.168. The van der Waals surface area contributed by atoms with Crippen LogP contribution in [0.1, 0.15) is 22.3 Å². The SMILES string of the molecule is COCOc1ccc(Br)c2c1C(=O)CC2. The van der Waals surface area contributed by atoms with Crippen LogP contribution < -0.4 is 4.74 Å². The predicted molar refractivity (Wildman–Crippen MR) is 59.3 cm³/mol. The van der Waals surface area contributed by atoms with Crippen molar-refractivity contribution in [3.8, 4) is 5.75 Å². The highest BCUT2D eigenvalue weighted by atomic mass is 79.9. The van der Waals surface area contributed by atoms with E-state index in [9.17, 15) is 4.79 Å². The molecule has 1 aromatic carbocycles. The van der Waals surface area contributed by atoms with Crippen molar-refractivity contribution in [1.82, 2.24) is 0 Å². The Labute approximate surface area is 96.5 Å². The molecule has 0 amide bonds. The third kappa shape index (κ3) is 1.92. The van der Waals surface area contributed by atoms with Gasteiger partial charge in [-0.1, -0.05) is 15.9 Å². The van der Waals surface area contributed by atoms with Crippen molar-refractivity contribution in [2.75, 3.05) is 13.9 Å². The molecule has 0 fully saturated rings. The van der Waals surface area contributed by atoms with Crippen LogP contribution in [0.3, 0.4) is 0 Å². The number of Topliss-reactive ketones (excluding diaryl/α,β-unsaturated/α-hetero) is 1. The lowest BCUT2D eigenvalue weighted by atomic mass is 10.1. The number of halogens is 1. The van der Waals surface area contributed by atoms with Crippen molar-refractivity contribution in [2.45, 2.75) is 12.8 Å². The van der Waals surface area contributed by atoms with Crippen molar-refractivity contribution in [3.05, 3.63) is 27.7 Å². The molecule has 0 aromatic heterocycles. The van der Waals surface area contributed by atoms with E-state index in [1.165, 1.54) is 0 Å². The maximum atomic E-state index is 11.7. The van der Waals surface area contributed by atoms with Crippen LogP contribution in [0.15, 0.2) is 16.6 Å². The van der Waals surface area contributed by atoms with Gasteiger partial charge in [0.1, 0.15) is 5.75 Å². The molecular weight excluding hydrogens is 260 g/mol. The third-order valence-electron chi connectivity index (χ3n) is 2.43. The normalized spacial score (nSPS) is 14.1. The van der Waals surface area contributed by atoms with Gasteiger partial charge in [-0.25, -0.2) is 0 Å². The highest BCUT2D eigenvalue weighted by molar-refractivity contribution is 9.10. The lowest BCUT2D eigenvalue weighted by Crippen LogP contribution is -2.04. The molecule has 0 unspecified atom stereocenters. The van der Waals surface area contributed by atoms with Crippen LogP contribution in [0.2, 0.25) is 0 Å². The highest BCUT2D eigenvalue weighted by Gasteiger charge is 2.25. The molecule has 80 valence electrons. The minimum absolute atomic E-state index is 0.150. The molecule has 0 saturated heterocycles. The number of carbonyl (C=O) groups excluding carboxylic acids is 1. The van der Waals surface area contributed by atoms with Crippen molar-refractivity contribution in [3.63, 3.8) is 0 Å². The number of methoxy groups -OCH3 is 1. The van der Waals surface area contributed by atoms with E-state index in [1.54, 1.807) is 13.2 Å². The number of hydrogen-bond donors (Lipinski definition) is 0. The molecule has 0 spiro atoms. The summed E-state index contributed by atoms with van der Waals surface area (Å²) in [5, 5.41) is 0. The van der Waals surface area contributed by atoms with Crippen LogP contribution in [0.5, 0.6) is 5.75 Å². The van der Waals surface area contributed by atoms with Crippen molar-refractivity contribution < 1.29 is 14.3 Å². The largest absolute Gasteiger partial charge is 0.467 e. The predicted octanol–water partition coefficient (Wildman–Crippen LogP) is 2.56. The average Bonchev–Trinajstić information content (AvgIpc) is 2.61. The number of ketones is 1. The highest BCUT2D eigenvalue weighted by Crippen LogP contribution is 2.35. The second-order valence-electron chi connectivity index (χ2n) is 3.37. The zero-order valence-corrected chi connectivity index (χ0v) is 9.96. The van der Waals surface area contributed by atoms with E-state index in [-0.39, 0.29) is 12.6 Å². The van der Waals surface area contributed by atoms with Crippen molar-refractivity contribution >= 4 is 21.7 Å². The van der Waals surface area contributed by atoms with E-state index < -0.39 is 0 Å². The molecule has 4 heteroatoms. The van der Waals surface area contributed by atoms with E-state index in [4.69, 9.17) is 9.47 Å².